The van der Waals surface area contributed by atoms with Crippen LogP contribution in [0.25, 0.3) is 0 Å². The highest BCUT2D eigenvalue weighted by atomic mass is 35.5. The van der Waals surface area contributed by atoms with Crippen molar-refractivity contribution in [3.63, 3.8) is 0 Å². The van der Waals surface area contributed by atoms with Crippen LogP contribution in [0.15, 0.2) is 12.1 Å². The normalized spacial score (nSPS) is 10.6. The van der Waals surface area contributed by atoms with Crippen LogP contribution in [0, 0.1) is 6.07 Å². The molecule has 0 heterocycles. The van der Waals surface area contributed by atoms with Gasteiger partial charge in [-0.05, 0) is 29.7 Å². The Morgan fingerprint density at radius 3 is 2.45 bits per heavy atom. The van der Waals surface area contributed by atoms with Crippen molar-refractivity contribution >= 4 is 23.2 Å². The molecule has 0 aliphatic rings. The third kappa shape index (κ3) is 2.11. The Balaban J connectivity index is 3.09. The minimum atomic E-state index is 0.403. The molecule has 0 fully saturated rings. The van der Waals surface area contributed by atoms with Gasteiger partial charge in [-0.1, -0.05) is 37.0 Å². The second-order valence-electron chi connectivity index (χ2n) is 2.73. The predicted octanol–water partition coefficient (Wildman–Crippen LogP) is 3.92. The minimum absolute atomic E-state index is 0.403. The van der Waals surface area contributed by atoms with Crippen LogP contribution < -0.4 is 0 Å². The molecule has 0 nitrogen and oxygen atoms in total. The summed E-state index contributed by atoms with van der Waals surface area (Å²) in [4.78, 5) is 0. The summed E-state index contributed by atoms with van der Waals surface area (Å²) in [5.41, 5.74) is 1.02. The Morgan fingerprint density at radius 2 is 2.00 bits per heavy atom. The SMILES string of the molecule is CC(C)c1[c]cc(Cl)cc1Cl. The first-order valence-corrected chi connectivity index (χ1v) is 4.23. The van der Waals surface area contributed by atoms with Crippen LogP contribution in [0.2, 0.25) is 10.0 Å². The van der Waals surface area contributed by atoms with Crippen molar-refractivity contribution < 1.29 is 0 Å². The van der Waals surface area contributed by atoms with Crippen LogP contribution in [-0.4, -0.2) is 0 Å². The fourth-order valence-corrected chi connectivity index (χ4v) is 1.51. The molecule has 0 unspecified atom stereocenters. The van der Waals surface area contributed by atoms with E-state index in [0.29, 0.717) is 16.0 Å². The second-order valence-corrected chi connectivity index (χ2v) is 3.58. The Bertz CT molecular complexity index is 254. The zero-order valence-electron chi connectivity index (χ0n) is 6.49. The summed E-state index contributed by atoms with van der Waals surface area (Å²) in [6.07, 6.45) is 0. The molecular weight excluding hydrogens is 179 g/mol. The monoisotopic (exact) mass is 187 g/mol. The van der Waals surface area contributed by atoms with Crippen LogP contribution in [-0.2, 0) is 0 Å². The molecule has 0 aliphatic heterocycles. The van der Waals surface area contributed by atoms with Crippen molar-refractivity contribution in [2.45, 2.75) is 19.8 Å². The van der Waals surface area contributed by atoms with Crippen molar-refractivity contribution in [1.82, 2.24) is 0 Å². The number of hydrogen-bond donors (Lipinski definition) is 0. The molecule has 0 aliphatic carbocycles. The maximum absolute atomic E-state index is 5.91. The standard InChI is InChI=1S/C9H9Cl2/c1-6(2)8-4-3-7(10)5-9(8)11/h3,5-6H,1-2H3. The van der Waals surface area contributed by atoms with E-state index in [1.54, 1.807) is 12.1 Å². The molecule has 0 saturated heterocycles. The Labute approximate surface area is 77.1 Å². The van der Waals surface area contributed by atoms with Crippen molar-refractivity contribution in [2.75, 3.05) is 0 Å². The van der Waals surface area contributed by atoms with E-state index in [-0.39, 0.29) is 0 Å². The highest BCUT2D eigenvalue weighted by molar-refractivity contribution is 6.35. The first kappa shape index (κ1) is 8.89. The summed E-state index contributed by atoms with van der Waals surface area (Å²) in [7, 11) is 0. The summed E-state index contributed by atoms with van der Waals surface area (Å²) < 4.78 is 0. The lowest BCUT2D eigenvalue weighted by Gasteiger charge is -2.06. The molecule has 0 amide bonds. The molecule has 1 aromatic rings. The molecule has 1 aromatic carbocycles. The summed E-state index contributed by atoms with van der Waals surface area (Å²) in [5, 5.41) is 1.34. The Morgan fingerprint density at radius 1 is 1.36 bits per heavy atom. The third-order valence-electron chi connectivity index (χ3n) is 1.46. The van der Waals surface area contributed by atoms with E-state index in [4.69, 9.17) is 23.2 Å². The smallest absolute Gasteiger partial charge is 0.0461 e. The van der Waals surface area contributed by atoms with E-state index in [1.807, 2.05) is 0 Å². The lowest BCUT2D eigenvalue weighted by atomic mass is 10.0. The van der Waals surface area contributed by atoms with E-state index >= 15 is 0 Å². The van der Waals surface area contributed by atoms with E-state index in [0.717, 1.165) is 5.56 Å². The van der Waals surface area contributed by atoms with Crippen LogP contribution in [0.1, 0.15) is 25.3 Å². The Kier molecular flexibility index (Phi) is 2.80. The van der Waals surface area contributed by atoms with Gasteiger partial charge in [-0.25, -0.2) is 0 Å². The molecule has 2 heteroatoms. The van der Waals surface area contributed by atoms with Gasteiger partial charge < -0.3 is 0 Å². The lowest BCUT2D eigenvalue weighted by molar-refractivity contribution is 0.865. The number of hydrogen-bond acceptors (Lipinski definition) is 0. The summed E-state index contributed by atoms with van der Waals surface area (Å²) >= 11 is 11.6. The van der Waals surface area contributed by atoms with Gasteiger partial charge in [-0.15, -0.1) is 0 Å². The Hall–Kier alpha value is -0.200. The molecule has 0 spiro atoms. The van der Waals surface area contributed by atoms with Crippen LogP contribution in [0.5, 0.6) is 0 Å². The van der Waals surface area contributed by atoms with Crippen LogP contribution >= 0.6 is 23.2 Å². The summed E-state index contributed by atoms with van der Waals surface area (Å²) in [6.45, 7) is 4.15. The maximum Gasteiger partial charge on any atom is 0.0461 e. The highest BCUT2D eigenvalue weighted by Gasteiger charge is 2.04. The van der Waals surface area contributed by atoms with Gasteiger partial charge in [0, 0.05) is 10.0 Å². The van der Waals surface area contributed by atoms with Gasteiger partial charge in [0.25, 0.3) is 0 Å². The van der Waals surface area contributed by atoms with Crippen LogP contribution in [0.4, 0.5) is 0 Å². The molecule has 0 atom stereocenters. The molecular formula is C9H9Cl2. The quantitative estimate of drug-likeness (QED) is 0.626. The average Bonchev–Trinajstić information content (AvgIpc) is 1.85. The molecule has 11 heavy (non-hydrogen) atoms. The van der Waals surface area contributed by atoms with E-state index in [1.165, 1.54) is 0 Å². The molecule has 59 valence electrons. The number of halogens is 2. The molecule has 1 radical (unpaired) electrons. The highest BCUT2D eigenvalue weighted by Crippen LogP contribution is 2.26. The van der Waals surface area contributed by atoms with Gasteiger partial charge >= 0.3 is 0 Å². The van der Waals surface area contributed by atoms with E-state index in [9.17, 15) is 0 Å². The lowest BCUT2D eigenvalue weighted by Crippen LogP contribution is -1.88. The first-order chi connectivity index (χ1) is 5.11. The van der Waals surface area contributed by atoms with Crippen molar-refractivity contribution in [3.8, 4) is 0 Å². The van der Waals surface area contributed by atoms with Crippen molar-refractivity contribution in [3.05, 3.63) is 33.8 Å². The van der Waals surface area contributed by atoms with Crippen molar-refractivity contribution in [2.24, 2.45) is 0 Å². The van der Waals surface area contributed by atoms with Crippen molar-refractivity contribution in [1.29, 1.82) is 0 Å². The minimum Gasteiger partial charge on any atom is -0.0843 e. The molecule has 0 aromatic heterocycles. The third-order valence-corrected chi connectivity index (χ3v) is 2.00. The van der Waals surface area contributed by atoms with E-state index in [2.05, 4.69) is 19.9 Å². The molecule has 0 N–H and O–H groups in total. The second kappa shape index (κ2) is 3.46. The fourth-order valence-electron chi connectivity index (χ4n) is 0.899. The van der Waals surface area contributed by atoms with E-state index < -0.39 is 0 Å². The summed E-state index contributed by atoms with van der Waals surface area (Å²) in [6, 6.07) is 6.52. The van der Waals surface area contributed by atoms with Gasteiger partial charge in [0.2, 0.25) is 0 Å². The van der Waals surface area contributed by atoms with Crippen LogP contribution in [0.3, 0.4) is 0 Å². The number of benzene rings is 1. The van der Waals surface area contributed by atoms with Gasteiger partial charge in [-0.2, -0.15) is 0 Å². The number of rotatable bonds is 1. The zero-order chi connectivity index (χ0) is 8.43. The molecule has 0 bridgehead atoms. The van der Waals surface area contributed by atoms with Gasteiger partial charge in [0.1, 0.15) is 0 Å². The molecule has 0 saturated carbocycles. The zero-order valence-corrected chi connectivity index (χ0v) is 8.00. The van der Waals surface area contributed by atoms with Gasteiger partial charge in [-0.3, -0.25) is 0 Å². The molecule has 1 rings (SSSR count). The fraction of sp³-hybridized carbons (Fsp3) is 0.333. The average molecular weight is 188 g/mol. The summed E-state index contributed by atoms with van der Waals surface area (Å²) in [5.74, 6) is 0.403. The largest absolute Gasteiger partial charge is 0.0843 e. The maximum atomic E-state index is 5.91. The van der Waals surface area contributed by atoms with Gasteiger partial charge in [0.05, 0.1) is 0 Å². The first-order valence-electron chi connectivity index (χ1n) is 3.48. The van der Waals surface area contributed by atoms with Gasteiger partial charge in [0.15, 0.2) is 0 Å². The predicted molar refractivity (Wildman–Crippen MR) is 49.4 cm³/mol. The topological polar surface area (TPSA) is 0 Å².